The van der Waals surface area contributed by atoms with E-state index in [0.29, 0.717) is 17.9 Å². The molecule has 1 aromatic heterocycles. The first-order valence-electron chi connectivity index (χ1n) is 5.97. The number of rotatable bonds is 4. The van der Waals surface area contributed by atoms with Crippen LogP contribution in [0.2, 0.25) is 0 Å². The van der Waals surface area contributed by atoms with Crippen molar-refractivity contribution in [3.8, 4) is 11.4 Å². The number of hydrogen-bond donors (Lipinski definition) is 1. The molecule has 0 unspecified atom stereocenters. The summed E-state index contributed by atoms with van der Waals surface area (Å²) in [5.41, 5.74) is 1.64. The normalized spacial score (nSPS) is 10.4. The Morgan fingerprint density at radius 3 is 2.58 bits per heavy atom. The lowest BCUT2D eigenvalue weighted by molar-refractivity contribution is 0.0694. The predicted molar refractivity (Wildman–Crippen MR) is 76.1 cm³/mol. The number of benzene rings is 1. The third-order valence-electron chi connectivity index (χ3n) is 2.69. The largest absolute Gasteiger partial charge is 0.478 e. The molecule has 0 spiro atoms. The zero-order chi connectivity index (χ0) is 13.8. The molecule has 2 rings (SSSR count). The van der Waals surface area contributed by atoms with Crippen LogP contribution in [-0.4, -0.2) is 21.0 Å². The lowest BCUT2D eigenvalue weighted by atomic mass is 10.1. The molecule has 0 fully saturated rings. The molecule has 0 amide bonds. The molecular weight excluding hydrogens is 308 g/mol. The average Bonchev–Trinajstić information content (AvgIpc) is 2.39. The van der Waals surface area contributed by atoms with Gasteiger partial charge in [0.1, 0.15) is 0 Å². The predicted octanol–water partition coefficient (Wildman–Crippen LogP) is 3.56. The smallest absolute Gasteiger partial charge is 0.339 e. The van der Waals surface area contributed by atoms with Crippen LogP contribution in [0.1, 0.15) is 29.4 Å². The summed E-state index contributed by atoms with van der Waals surface area (Å²) in [7, 11) is 0. The molecule has 5 heteroatoms. The third kappa shape index (κ3) is 3.17. The minimum atomic E-state index is -0.981. The summed E-state index contributed by atoms with van der Waals surface area (Å²) in [5.74, 6) is -0.424. The molecule has 0 saturated carbocycles. The van der Waals surface area contributed by atoms with Crippen molar-refractivity contribution in [3.05, 3.63) is 46.2 Å². The van der Waals surface area contributed by atoms with Gasteiger partial charge in [-0.2, -0.15) is 0 Å². The Kier molecular flexibility index (Phi) is 4.27. The summed E-state index contributed by atoms with van der Waals surface area (Å²) >= 11 is 3.37. The van der Waals surface area contributed by atoms with E-state index >= 15 is 0 Å². The van der Waals surface area contributed by atoms with Crippen LogP contribution in [0.4, 0.5) is 0 Å². The molecule has 0 aliphatic carbocycles. The fourth-order valence-electron chi connectivity index (χ4n) is 1.76. The van der Waals surface area contributed by atoms with Crippen molar-refractivity contribution in [2.75, 3.05) is 0 Å². The fourth-order valence-corrected chi connectivity index (χ4v) is 2.03. The van der Waals surface area contributed by atoms with Crippen LogP contribution < -0.4 is 0 Å². The number of carboxylic acid groups (broad SMARTS) is 1. The maximum atomic E-state index is 11.1. The van der Waals surface area contributed by atoms with Crippen LogP contribution in [0.25, 0.3) is 11.4 Å². The van der Waals surface area contributed by atoms with E-state index in [1.54, 1.807) is 0 Å². The van der Waals surface area contributed by atoms with E-state index in [9.17, 15) is 4.79 Å². The monoisotopic (exact) mass is 320 g/mol. The van der Waals surface area contributed by atoms with E-state index in [1.165, 1.54) is 6.20 Å². The van der Waals surface area contributed by atoms with Crippen LogP contribution >= 0.6 is 15.9 Å². The zero-order valence-corrected chi connectivity index (χ0v) is 12.0. The summed E-state index contributed by atoms with van der Waals surface area (Å²) < 4.78 is 0.979. The molecule has 0 saturated heterocycles. The number of carbonyl (C=O) groups is 1. The first-order valence-corrected chi connectivity index (χ1v) is 6.76. The number of nitrogens with zero attached hydrogens (tertiary/aromatic N) is 2. The highest BCUT2D eigenvalue weighted by molar-refractivity contribution is 9.10. The first-order chi connectivity index (χ1) is 9.11. The first kappa shape index (κ1) is 13.7. The van der Waals surface area contributed by atoms with Crippen molar-refractivity contribution >= 4 is 21.9 Å². The van der Waals surface area contributed by atoms with E-state index in [0.717, 1.165) is 16.5 Å². The van der Waals surface area contributed by atoms with Gasteiger partial charge >= 0.3 is 5.97 Å². The van der Waals surface area contributed by atoms with Gasteiger partial charge in [-0.1, -0.05) is 41.4 Å². The topological polar surface area (TPSA) is 63.1 Å². The lowest BCUT2D eigenvalue weighted by Gasteiger charge is -2.06. The molecular formula is C14H13BrN2O2. The summed E-state index contributed by atoms with van der Waals surface area (Å²) in [6.07, 6.45) is 2.86. The number of halogens is 1. The Bertz CT molecular complexity index is 597. The van der Waals surface area contributed by atoms with Gasteiger partial charge < -0.3 is 5.11 Å². The molecule has 4 nitrogen and oxygen atoms in total. The van der Waals surface area contributed by atoms with Crippen molar-refractivity contribution in [1.82, 2.24) is 9.97 Å². The molecule has 0 atom stereocenters. The molecule has 2 aromatic rings. The third-order valence-corrected chi connectivity index (χ3v) is 3.22. The van der Waals surface area contributed by atoms with E-state index in [1.807, 2.05) is 31.2 Å². The van der Waals surface area contributed by atoms with Crippen LogP contribution in [-0.2, 0) is 6.42 Å². The molecule has 1 heterocycles. The standard InChI is InChI=1S/C14H13BrN2O2/c1-2-3-12-11(14(18)19)8-16-13(17-12)9-4-6-10(15)7-5-9/h4-8H,2-3H2,1H3,(H,18,19). The van der Waals surface area contributed by atoms with Crippen molar-refractivity contribution in [1.29, 1.82) is 0 Å². The van der Waals surface area contributed by atoms with Crippen LogP contribution in [0.5, 0.6) is 0 Å². The minimum Gasteiger partial charge on any atom is -0.478 e. The number of aromatic carboxylic acids is 1. The second-order valence-electron chi connectivity index (χ2n) is 4.12. The molecule has 19 heavy (non-hydrogen) atoms. The molecule has 1 aromatic carbocycles. The number of aryl methyl sites for hydroxylation is 1. The Balaban J connectivity index is 2.45. The fraction of sp³-hybridized carbons (Fsp3) is 0.214. The zero-order valence-electron chi connectivity index (χ0n) is 10.4. The van der Waals surface area contributed by atoms with Crippen molar-refractivity contribution < 1.29 is 9.90 Å². The lowest BCUT2D eigenvalue weighted by Crippen LogP contribution is -2.07. The highest BCUT2D eigenvalue weighted by atomic mass is 79.9. The SMILES string of the molecule is CCCc1nc(-c2ccc(Br)cc2)ncc1C(=O)O. The molecule has 98 valence electrons. The van der Waals surface area contributed by atoms with E-state index in [2.05, 4.69) is 25.9 Å². The van der Waals surface area contributed by atoms with Gasteiger partial charge in [-0.25, -0.2) is 14.8 Å². The molecule has 0 radical (unpaired) electrons. The van der Waals surface area contributed by atoms with Gasteiger partial charge in [-0.3, -0.25) is 0 Å². The highest BCUT2D eigenvalue weighted by Gasteiger charge is 2.13. The van der Waals surface area contributed by atoms with Gasteiger partial charge in [0.05, 0.1) is 11.3 Å². The highest BCUT2D eigenvalue weighted by Crippen LogP contribution is 2.20. The Labute approximate surface area is 119 Å². The van der Waals surface area contributed by atoms with Crippen LogP contribution in [0, 0.1) is 0 Å². The van der Waals surface area contributed by atoms with E-state index in [-0.39, 0.29) is 5.56 Å². The maximum Gasteiger partial charge on any atom is 0.339 e. The van der Waals surface area contributed by atoms with Gasteiger partial charge in [-0.05, 0) is 18.6 Å². The quantitative estimate of drug-likeness (QED) is 0.935. The molecule has 0 aliphatic rings. The number of hydrogen-bond acceptors (Lipinski definition) is 3. The second kappa shape index (κ2) is 5.93. The van der Waals surface area contributed by atoms with E-state index < -0.39 is 5.97 Å². The number of carboxylic acids is 1. The summed E-state index contributed by atoms with van der Waals surface area (Å²) in [6.45, 7) is 1.99. The van der Waals surface area contributed by atoms with Gasteiger partial charge in [0, 0.05) is 16.2 Å². The minimum absolute atomic E-state index is 0.183. The molecule has 0 bridgehead atoms. The van der Waals surface area contributed by atoms with Gasteiger partial charge in [0.15, 0.2) is 5.82 Å². The van der Waals surface area contributed by atoms with Crippen molar-refractivity contribution in [2.45, 2.75) is 19.8 Å². The Morgan fingerprint density at radius 1 is 1.32 bits per heavy atom. The maximum absolute atomic E-state index is 11.1. The second-order valence-corrected chi connectivity index (χ2v) is 5.03. The molecule has 1 N–H and O–H groups in total. The number of aromatic nitrogens is 2. The average molecular weight is 321 g/mol. The van der Waals surface area contributed by atoms with Crippen molar-refractivity contribution in [2.24, 2.45) is 0 Å². The van der Waals surface area contributed by atoms with Crippen LogP contribution in [0.3, 0.4) is 0 Å². The summed E-state index contributed by atoms with van der Waals surface area (Å²) in [6, 6.07) is 7.61. The van der Waals surface area contributed by atoms with Crippen LogP contribution in [0.15, 0.2) is 34.9 Å². The summed E-state index contributed by atoms with van der Waals surface area (Å²) in [4.78, 5) is 19.6. The Hall–Kier alpha value is -1.75. The van der Waals surface area contributed by atoms with Gasteiger partial charge in [-0.15, -0.1) is 0 Å². The van der Waals surface area contributed by atoms with Crippen molar-refractivity contribution in [3.63, 3.8) is 0 Å². The Morgan fingerprint density at radius 2 is 2.00 bits per heavy atom. The molecule has 0 aliphatic heterocycles. The van der Waals surface area contributed by atoms with Gasteiger partial charge in [0.25, 0.3) is 0 Å². The van der Waals surface area contributed by atoms with E-state index in [4.69, 9.17) is 5.11 Å². The summed E-state index contributed by atoms with van der Waals surface area (Å²) in [5, 5.41) is 9.10. The van der Waals surface area contributed by atoms with Gasteiger partial charge in [0.2, 0.25) is 0 Å².